The molecule has 0 heterocycles. The van der Waals surface area contributed by atoms with Gasteiger partial charge in [0.05, 0.1) is 20.1 Å². The van der Waals surface area contributed by atoms with Crippen LogP contribution in [0.4, 0.5) is 43.9 Å². The molecule has 0 N–H and O–H groups in total. The molecule has 0 aliphatic carbocycles. The number of rotatable bonds is 9. The minimum absolute atomic E-state index is 0.0692. The fraction of sp³-hybridized carbons (Fsp3) is 0.250. The van der Waals surface area contributed by atoms with E-state index in [4.69, 9.17) is 46.4 Å². The van der Waals surface area contributed by atoms with Crippen molar-refractivity contribution < 1.29 is 43.9 Å². The molecule has 0 aromatic heterocycles. The quantitative estimate of drug-likeness (QED) is 0.0998. The molecule has 0 aliphatic rings. The fourth-order valence-corrected chi connectivity index (χ4v) is 14.9. The second kappa shape index (κ2) is 51.5. The fourth-order valence-electron chi connectivity index (χ4n) is 13.8. The van der Waals surface area contributed by atoms with Crippen LogP contribution >= 0.6 is 46.4 Å². The number of aryl methyl sites for hydroxylation is 16. The minimum atomic E-state index is -5.53. The molecular weight excluding hydrogens is 1770 g/mol. The van der Waals surface area contributed by atoms with Crippen LogP contribution in [0, 0.1) is 162 Å². The summed E-state index contributed by atoms with van der Waals surface area (Å²) in [4.78, 5) is 0. The summed E-state index contributed by atoms with van der Waals surface area (Å²) >= 11 is 23.5. The van der Waals surface area contributed by atoms with Crippen molar-refractivity contribution in [1.29, 1.82) is 0 Å². The summed E-state index contributed by atoms with van der Waals surface area (Å²) < 4.78 is 133. The maximum atomic E-state index is 13.7. The van der Waals surface area contributed by atoms with Crippen LogP contribution in [0.3, 0.4) is 0 Å². The molecule has 15 aromatic rings. The average Bonchev–Trinajstić information content (AvgIpc) is 0.715. The Labute approximate surface area is 811 Å². The summed E-state index contributed by atoms with van der Waals surface area (Å²) in [6, 6.07) is 104. The largest absolute Gasteiger partial charge is 0.411 e. The Morgan fingerprint density at radius 3 is 0.619 bits per heavy atom. The van der Waals surface area contributed by atoms with Crippen LogP contribution in [0.1, 0.15) is 183 Å². The molecule has 0 saturated carbocycles. The van der Waals surface area contributed by atoms with Gasteiger partial charge in [-0.15, -0.1) is 0 Å². The van der Waals surface area contributed by atoms with Crippen molar-refractivity contribution in [2.24, 2.45) is 0 Å². The van der Waals surface area contributed by atoms with E-state index in [1.54, 1.807) is 27.7 Å². The monoisotopic (exact) mass is 1900 g/mol. The maximum Gasteiger partial charge on any atom is 0.411 e. The van der Waals surface area contributed by atoms with E-state index in [0.717, 1.165) is 55.7 Å². The molecule has 704 valence electrons. The molecule has 15 aromatic carbocycles. The van der Waals surface area contributed by atoms with Gasteiger partial charge in [0.15, 0.2) is 23.3 Å². The topological polar surface area (TPSA) is 0 Å². The first kappa shape index (κ1) is 112. The second-order valence-corrected chi connectivity index (χ2v) is 37.0. The SMILES string of the molecule is Cc1c(Cl)c(Cl)c(C)c(Cl)c1Cl.Cc1c(F)c(F)c(C)c(F)c1F.Cc1ccc(-c2ccc(C)cc2)cc1.Cc1ccc(C(C)(C)c2ccc(C)cc2)cc1.Cc1ccc(C(C)(C)c2cccc(C)c2)cc1.Cc1ccc(C(c2ccc(C)cc2)(C(F)(F)F)C(F)(F)F)cc1.Cc1ccc(C)cc1.Cc1ccc(Cc2ccc(C)cc2)cc1.Cc1cccc(C)c1.Cc1ccccc1C. The number of hydrogen-bond acceptors (Lipinski definition) is 0. The van der Waals surface area contributed by atoms with Gasteiger partial charge >= 0.3 is 12.4 Å². The molecule has 0 amide bonds. The summed E-state index contributed by atoms with van der Waals surface area (Å²) in [6.45, 7) is 47.5. The van der Waals surface area contributed by atoms with Gasteiger partial charge < -0.3 is 0 Å². The molecule has 15 rings (SSSR count). The smallest absolute Gasteiger partial charge is 0.203 e. The van der Waals surface area contributed by atoms with Gasteiger partial charge in [0.25, 0.3) is 0 Å². The van der Waals surface area contributed by atoms with Crippen molar-refractivity contribution >= 4 is 46.4 Å². The third-order valence-corrected chi connectivity index (χ3v) is 25.3. The van der Waals surface area contributed by atoms with Crippen LogP contribution in [-0.4, -0.2) is 12.4 Å². The molecule has 0 unspecified atom stereocenters. The van der Waals surface area contributed by atoms with Crippen molar-refractivity contribution in [3.05, 3.63) is 515 Å². The molecule has 0 spiro atoms. The molecule has 0 nitrogen and oxygen atoms in total. The lowest BCUT2D eigenvalue weighted by Crippen LogP contribution is -2.54. The highest BCUT2D eigenvalue weighted by Crippen LogP contribution is 2.56. The third-order valence-electron chi connectivity index (χ3n) is 23.2. The van der Waals surface area contributed by atoms with E-state index in [0.29, 0.717) is 31.2 Å². The van der Waals surface area contributed by atoms with E-state index in [9.17, 15) is 43.9 Å². The van der Waals surface area contributed by atoms with Crippen molar-refractivity contribution in [2.75, 3.05) is 0 Å². The first-order valence-electron chi connectivity index (χ1n) is 44.3. The van der Waals surface area contributed by atoms with Gasteiger partial charge in [-0.2, -0.15) is 26.3 Å². The van der Waals surface area contributed by atoms with Crippen molar-refractivity contribution in [3.8, 4) is 11.1 Å². The van der Waals surface area contributed by atoms with Crippen molar-refractivity contribution in [2.45, 2.75) is 201 Å². The molecule has 0 fully saturated rings. The maximum absolute atomic E-state index is 13.7. The van der Waals surface area contributed by atoms with Crippen molar-refractivity contribution in [1.82, 2.24) is 0 Å². The summed E-state index contributed by atoms with van der Waals surface area (Å²) in [5.74, 6) is -5.31. The van der Waals surface area contributed by atoms with Gasteiger partial charge in [-0.3, -0.25) is 0 Å². The zero-order valence-electron chi connectivity index (χ0n) is 81.5. The zero-order valence-corrected chi connectivity index (χ0v) is 84.5. The lowest BCUT2D eigenvalue weighted by molar-refractivity contribution is -0.288. The summed E-state index contributed by atoms with van der Waals surface area (Å²) in [5, 5.41) is 1.90. The Morgan fingerprint density at radius 2 is 0.403 bits per heavy atom. The highest BCUT2D eigenvalue weighted by atomic mass is 35.5. The van der Waals surface area contributed by atoms with Gasteiger partial charge in [0.1, 0.15) is 0 Å². The van der Waals surface area contributed by atoms with Crippen molar-refractivity contribution in [3.63, 3.8) is 0 Å². The normalized spacial score (nSPS) is 10.9. The summed E-state index contributed by atoms with van der Waals surface area (Å²) in [6.07, 6.45) is -10.0. The predicted molar refractivity (Wildman–Crippen MR) is 550 cm³/mol. The Balaban J connectivity index is 0.000000232. The molecular formula is C120H126Cl4F10. The van der Waals surface area contributed by atoms with Crippen LogP contribution in [0.5, 0.6) is 0 Å². The number of benzene rings is 15. The van der Waals surface area contributed by atoms with E-state index in [-0.39, 0.29) is 10.8 Å². The highest BCUT2D eigenvalue weighted by Gasteiger charge is 2.72. The Morgan fingerprint density at radius 1 is 0.201 bits per heavy atom. The first-order valence-corrected chi connectivity index (χ1v) is 45.8. The molecule has 0 bridgehead atoms. The predicted octanol–water partition coefficient (Wildman–Crippen LogP) is 37.5. The van der Waals surface area contributed by atoms with Gasteiger partial charge in [0.2, 0.25) is 5.41 Å². The van der Waals surface area contributed by atoms with Gasteiger partial charge in [-0.05, 0) is 223 Å². The van der Waals surface area contributed by atoms with E-state index in [2.05, 4.69) is 392 Å². The third kappa shape index (κ3) is 32.8. The van der Waals surface area contributed by atoms with Crippen LogP contribution in [0.15, 0.2) is 315 Å². The number of hydrogen-bond donors (Lipinski definition) is 0. The summed E-state index contributed by atoms with van der Waals surface area (Å²) in [5.41, 5.74) is 25.2. The van der Waals surface area contributed by atoms with E-state index >= 15 is 0 Å². The standard InChI is InChI=1S/C17H14F6.2C17H20.C15H16.C14H14.C8H6Cl4.C8H6F4.3C8H10/c1-11-3-7-13(8-4-11)15(16(18,19)20,17(21,22)23)14-9-5-12(2)6-10-14;1-13-5-9-15(10-6-13)17(3,4)16-11-7-14(2)8-12-16;1-13-8-10-15(11-9-13)17(3,4)16-7-5-6-14(2)12-16;1-12-3-7-14(8-4-12)11-15-9-5-13(2)6-10-15;1-11-3-7-13(8-4-11)14-9-5-12(2)6-10-14;2*1-3-5(9)7(11)4(2)8(12)6(3)10;1-7-3-5-8(2)6-4-7;1-7-4-3-5-8(2)6-7;1-7-5-3-4-6-8(7)2/h3-10H,1-2H3;2*5-12H,1-4H3;3-10H,11H2,1-2H3;3-10H,1-2H3;2*1-2H3;3*3-6H,1-2H3. The van der Waals surface area contributed by atoms with E-state index in [1.807, 2.05) is 0 Å². The van der Waals surface area contributed by atoms with E-state index < -0.39 is 63.3 Å². The molecule has 14 heteroatoms. The van der Waals surface area contributed by atoms with Crippen LogP contribution in [0.25, 0.3) is 11.1 Å². The summed E-state index contributed by atoms with van der Waals surface area (Å²) in [7, 11) is 0. The Hall–Kier alpha value is -11.2. The minimum Gasteiger partial charge on any atom is -0.203 e. The Bertz CT molecular complexity index is 5620. The van der Waals surface area contributed by atoms with Gasteiger partial charge in [0, 0.05) is 22.0 Å². The lowest BCUT2D eigenvalue weighted by Gasteiger charge is -2.38. The van der Waals surface area contributed by atoms with Crippen LogP contribution in [0.2, 0.25) is 20.1 Å². The number of halogens is 14. The first-order chi connectivity index (χ1) is 62.8. The van der Waals surface area contributed by atoms with Crippen LogP contribution < -0.4 is 0 Å². The molecule has 0 radical (unpaired) electrons. The van der Waals surface area contributed by atoms with E-state index in [1.165, 1.54) is 147 Å². The van der Waals surface area contributed by atoms with Gasteiger partial charge in [-0.25, -0.2) is 17.6 Å². The molecule has 0 aliphatic heterocycles. The zero-order chi connectivity index (χ0) is 99.9. The van der Waals surface area contributed by atoms with Gasteiger partial charge in [-0.1, -0.05) is 467 Å². The average molecular weight is 1900 g/mol. The highest BCUT2D eigenvalue weighted by molar-refractivity contribution is 6.48. The Kier molecular flexibility index (Phi) is 42.8. The molecule has 0 atom stereocenters. The van der Waals surface area contributed by atoms with Crippen LogP contribution in [-0.2, 0) is 22.7 Å². The number of alkyl halides is 6. The molecule has 134 heavy (non-hydrogen) atoms. The second-order valence-electron chi connectivity index (χ2n) is 35.5. The lowest BCUT2D eigenvalue weighted by atomic mass is 9.72. The molecule has 0 saturated heterocycles.